The van der Waals surface area contributed by atoms with Crippen LogP contribution in [0.15, 0.2) is 97.1 Å². The summed E-state index contributed by atoms with van der Waals surface area (Å²) >= 11 is 9.31. The molecule has 0 radical (unpaired) electrons. The fourth-order valence-corrected chi connectivity index (χ4v) is 4.10. The van der Waals surface area contributed by atoms with E-state index < -0.39 is 0 Å². The largest absolute Gasteiger partial charge is 0.504 e. The smallest absolute Gasteiger partial charge is 0.369 e. The zero-order chi connectivity index (χ0) is 38.6. The molecule has 52 heavy (non-hydrogen) atoms. The number of phenols is 4. The third kappa shape index (κ3) is 15.6. The van der Waals surface area contributed by atoms with Gasteiger partial charge in [-0.1, -0.05) is 48.6 Å². The molecule has 0 spiro atoms. The summed E-state index contributed by atoms with van der Waals surface area (Å²) in [6.45, 7) is -0.127. The number of carbonyl (C=O) groups is 2. The highest BCUT2D eigenvalue weighted by molar-refractivity contribution is 9.69. The summed E-state index contributed by atoms with van der Waals surface area (Å²) in [4.78, 5) is 23.7. The van der Waals surface area contributed by atoms with Crippen LogP contribution in [0, 0.1) is 0 Å². The van der Waals surface area contributed by atoms with Crippen LogP contribution in [-0.2, 0) is 16.2 Å². The van der Waals surface area contributed by atoms with Crippen molar-refractivity contribution in [2.75, 3.05) is 21.3 Å². The van der Waals surface area contributed by atoms with E-state index in [1.807, 2.05) is 12.1 Å². The molecule has 0 saturated carbocycles. The van der Waals surface area contributed by atoms with Crippen LogP contribution >= 0.6 is 47.3 Å². The second kappa shape index (κ2) is 22.9. The van der Waals surface area contributed by atoms with Gasteiger partial charge >= 0.3 is 3.18 Å². The zero-order valence-corrected chi connectivity index (χ0v) is 33.0. The lowest BCUT2D eigenvalue weighted by Crippen LogP contribution is -1.92. The second-order valence-corrected chi connectivity index (χ2v) is 16.7. The first kappa shape index (κ1) is 43.4. The molecule has 0 amide bonds. The number of allylic oxidation sites excluding steroid dienone is 4. The van der Waals surface area contributed by atoms with Gasteiger partial charge in [-0.2, -0.15) is 0 Å². The molecular formula is C38H36BBr3O10. The third-order valence-corrected chi connectivity index (χ3v) is 6.64. The number of halogens is 3. The standard InChI is InChI=1S/C21H22O5.C17H14O5.BBr3/c1-24-19-10-6-15(12-17(19)14-22)4-8-18(23)9-5-16-7-11-20(25-2)21(13-16)26-3;18-13(5-1-11-3-7-14(19)16(21)9-11)6-2-12-4-8-15(20)17(22)10-12;2-1(3)4/h4-13,22H,14H2,1-3H3;1-10,19-22H;/b8-4+,9-5+;5-1+,6-2+;. The van der Waals surface area contributed by atoms with Crippen molar-refractivity contribution in [2.24, 2.45) is 0 Å². The van der Waals surface area contributed by atoms with Gasteiger partial charge in [-0.15, -0.1) is 47.3 Å². The van der Waals surface area contributed by atoms with E-state index in [1.165, 1.54) is 60.7 Å². The molecule has 4 aromatic carbocycles. The van der Waals surface area contributed by atoms with Crippen molar-refractivity contribution in [3.8, 4) is 40.2 Å². The van der Waals surface area contributed by atoms with Crippen molar-refractivity contribution < 1.29 is 49.3 Å². The summed E-state index contributed by atoms with van der Waals surface area (Å²) in [5.41, 5.74) is 3.45. The number of hydrogen-bond acceptors (Lipinski definition) is 10. The van der Waals surface area contributed by atoms with Gasteiger partial charge < -0.3 is 39.7 Å². The maximum absolute atomic E-state index is 12.0. The highest BCUT2D eigenvalue weighted by atomic mass is 79.9. The lowest BCUT2D eigenvalue weighted by molar-refractivity contribution is -0.111. The van der Waals surface area contributed by atoms with Crippen molar-refractivity contribution in [3.63, 3.8) is 0 Å². The van der Waals surface area contributed by atoms with Crippen molar-refractivity contribution in [1.29, 1.82) is 0 Å². The molecule has 0 atom stereocenters. The van der Waals surface area contributed by atoms with Crippen LogP contribution in [0.2, 0.25) is 0 Å². The van der Waals surface area contributed by atoms with E-state index in [4.69, 9.17) is 14.2 Å². The molecule has 5 N–H and O–H groups in total. The Bertz CT molecular complexity index is 1790. The predicted octanol–water partition coefficient (Wildman–Crippen LogP) is 8.46. The van der Waals surface area contributed by atoms with Crippen LogP contribution in [0.3, 0.4) is 0 Å². The van der Waals surface area contributed by atoms with E-state index in [1.54, 1.807) is 69.9 Å². The van der Waals surface area contributed by atoms with Crippen LogP contribution < -0.4 is 14.2 Å². The van der Waals surface area contributed by atoms with E-state index in [0.717, 1.165) is 11.1 Å². The van der Waals surface area contributed by atoms with Gasteiger partial charge in [0, 0.05) is 5.56 Å². The topological polar surface area (TPSA) is 163 Å². The van der Waals surface area contributed by atoms with Gasteiger partial charge in [-0.25, -0.2) is 0 Å². The summed E-state index contributed by atoms with van der Waals surface area (Å²) in [5, 5.41) is 46.4. The van der Waals surface area contributed by atoms with E-state index in [9.17, 15) is 35.1 Å². The zero-order valence-electron chi connectivity index (χ0n) is 28.2. The Labute approximate surface area is 327 Å². The van der Waals surface area contributed by atoms with Crippen LogP contribution in [-0.4, -0.2) is 61.6 Å². The summed E-state index contributed by atoms with van der Waals surface area (Å²) in [6.07, 6.45) is 12.0. The van der Waals surface area contributed by atoms with E-state index >= 15 is 0 Å². The Morgan fingerprint density at radius 1 is 0.538 bits per heavy atom. The molecule has 272 valence electrons. The first-order valence-electron chi connectivity index (χ1n) is 15.1. The maximum Gasteiger partial charge on any atom is 0.369 e. The first-order chi connectivity index (χ1) is 24.8. The highest BCUT2D eigenvalue weighted by Crippen LogP contribution is 2.29. The Morgan fingerprint density at radius 2 is 0.885 bits per heavy atom. The van der Waals surface area contributed by atoms with E-state index in [0.29, 0.717) is 33.9 Å². The normalized spacial score (nSPS) is 10.8. The maximum atomic E-state index is 12.0. The molecule has 0 aliphatic heterocycles. The fourth-order valence-electron chi connectivity index (χ4n) is 4.10. The Kier molecular flexibility index (Phi) is 19.1. The van der Waals surface area contributed by atoms with Gasteiger partial charge in [-0.3, -0.25) is 9.59 Å². The summed E-state index contributed by atoms with van der Waals surface area (Å²) in [6, 6.07) is 19.2. The number of phenolic OH excluding ortho intramolecular Hbond substituents is 4. The molecule has 0 bridgehead atoms. The lowest BCUT2D eigenvalue weighted by Gasteiger charge is -2.07. The van der Waals surface area contributed by atoms with Gasteiger partial charge in [0.2, 0.25) is 0 Å². The molecule has 14 heteroatoms. The van der Waals surface area contributed by atoms with E-state index in [-0.39, 0.29) is 44.4 Å². The molecule has 0 fully saturated rings. The van der Waals surface area contributed by atoms with Gasteiger partial charge in [-0.05, 0) is 95.1 Å². The minimum absolute atomic E-state index is 0.127. The van der Waals surface area contributed by atoms with Gasteiger partial charge in [0.1, 0.15) is 5.75 Å². The molecule has 4 rings (SSSR count). The van der Waals surface area contributed by atoms with Crippen molar-refractivity contribution in [1.82, 2.24) is 0 Å². The number of aliphatic hydroxyl groups excluding tert-OH is 1. The summed E-state index contributed by atoms with van der Waals surface area (Å²) in [7, 11) is 4.68. The Hall–Kier alpha value is -4.76. The second-order valence-electron chi connectivity index (χ2n) is 10.2. The van der Waals surface area contributed by atoms with Crippen molar-refractivity contribution in [3.05, 3.63) is 125 Å². The number of hydrogen-bond donors (Lipinski definition) is 5. The van der Waals surface area contributed by atoms with Crippen molar-refractivity contribution in [2.45, 2.75) is 6.61 Å². The minimum Gasteiger partial charge on any atom is -0.504 e. The Balaban J connectivity index is 0.000000330. The van der Waals surface area contributed by atoms with Crippen LogP contribution in [0.5, 0.6) is 40.2 Å². The number of ketones is 2. The highest BCUT2D eigenvalue weighted by Gasteiger charge is 2.04. The monoisotopic (exact) mass is 900 g/mol. The van der Waals surface area contributed by atoms with Crippen LogP contribution in [0.25, 0.3) is 24.3 Å². The average molecular weight is 903 g/mol. The molecular weight excluding hydrogens is 867 g/mol. The van der Waals surface area contributed by atoms with Crippen molar-refractivity contribution >= 4 is 86.3 Å². The molecule has 0 unspecified atom stereocenters. The summed E-state index contributed by atoms with van der Waals surface area (Å²) in [5.74, 6) is 0.438. The molecule has 4 aromatic rings. The molecule has 0 aromatic heterocycles. The quantitative estimate of drug-likeness (QED) is 0.0530. The van der Waals surface area contributed by atoms with E-state index in [2.05, 4.69) is 47.3 Å². The molecule has 10 nitrogen and oxygen atoms in total. The molecule has 0 aliphatic carbocycles. The van der Waals surface area contributed by atoms with Gasteiger partial charge in [0.05, 0.1) is 27.9 Å². The van der Waals surface area contributed by atoms with Crippen LogP contribution in [0.1, 0.15) is 27.8 Å². The lowest BCUT2D eigenvalue weighted by atomic mass is 10.1. The number of benzene rings is 4. The predicted molar refractivity (Wildman–Crippen MR) is 217 cm³/mol. The average Bonchev–Trinajstić information content (AvgIpc) is 3.13. The number of rotatable bonds is 12. The minimum atomic E-state index is -0.292. The number of carbonyl (C=O) groups excluding carboxylic acids is 2. The first-order valence-corrected chi connectivity index (χ1v) is 17.8. The number of methoxy groups -OCH3 is 3. The van der Waals surface area contributed by atoms with Gasteiger partial charge in [0.25, 0.3) is 0 Å². The Morgan fingerprint density at radius 3 is 1.25 bits per heavy atom. The van der Waals surface area contributed by atoms with Crippen LogP contribution in [0.4, 0.5) is 0 Å². The number of aromatic hydroxyl groups is 4. The third-order valence-electron chi connectivity index (χ3n) is 6.64. The number of aliphatic hydroxyl groups is 1. The SMILES string of the molecule is BrB(Br)Br.COc1ccc(/C=C/C(=O)/C=C/c2ccc(OC)c(OC)c2)cc1CO.O=C(/C=C/c1ccc(O)c(O)c1)/C=C/c1ccc(O)c(O)c1. The fraction of sp³-hybridized carbons (Fsp3) is 0.105. The summed E-state index contributed by atoms with van der Waals surface area (Å²) < 4.78 is 15.9. The number of ether oxygens (including phenoxy) is 3. The molecule has 0 heterocycles. The van der Waals surface area contributed by atoms with Gasteiger partial charge in [0.15, 0.2) is 46.1 Å². The molecule has 0 saturated heterocycles. The molecule has 0 aliphatic rings.